The van der Waals surface area contributed by atoms with E-state index in [0.29, 0.717) is 5.75 Å². The van der Waals surface area contributed by atoms with E-state index in [2.05, 4.69) is 40.2 Å². The number of rotatable bonds is 10. The molecule has 1 aliphatic heterocycles. The molecule has 0 saturated carbocycles. The number of nitrogens with zero attached hydrogens (tertiary/aromatic N) is 1. The van der Waals surface area contributed by atoms with Crippen LogP contribution >= 0.6 is 0 Å². The molecule has 0 saturated heterocycles. The topological polar surface area (TPSA) is 104 Å². The predicted molar refractivity (Wildman–Crippen MR) is 120 cm³/mol. The lowest BCUT2D eigenvalue weighted by Crippen LogP contribution is -2.38. The Morgan fingerprint density at radius 2 is 2.07 bits per heavy atom. The molecule has 0 fully saturated rings. The molecular weight excluding hydrogens is 400 g/mol. The highest BCUT2D eigenvalue weighted by Gasteiger charge is 2.34. The van der Waals surface area contributed by atoms with E-state index < -0.39 is 15.3 Å². The van der Waals surface area contributed by atoms with Crippen LogP contribution in [0.3, 0.4) is 0 Å². The van der Waals surface area contributed by atoms with Crippen molar-refractivity contribution in [2.24, 2.45) is 4.99 Å². The van der Waals surface area contributed by atoms with Crippen molar-refractivity contribution >= 4 is 22.5 Å². The zero-order valence-corrected chi connectivity index (χ0v) is 18.1. The van der Waals surface area contributed by atoms with Crippen LogP contribution in [0.2, 0.25) is 0 Å². The Bertz CT molecular complexity index is 1010. The van der Waals surface area contributed by atoms with Gasteiger partial charge in [0.1, 0.15) is 17.6 Å². The first kappa shape index (κ1) is 22.1. The highest BCUT2D eigenvalue weighted by molar-refractivity contribution is 7.91. The van der Waals surface area contributed by atoms with E-state index in [-0.39, 0.29) is 18.7 Å². The Balaban J connectivity index is 1.62. The Hall–Kier alpha value is -2.55. The summed E-state index contributed by atoms with van der Waals surface area (Å²) in [6, 6.07) is 16.4. The van der Waals surface area contributed by atoms with Gasteiger partial charge in [-0.3, -0.25) is 4.99 Å². The standard InChI is InChI=1S/C22H28N4O3S/c1-22(13-17-6-4-3-5-7-17)21-12-19(9-8-18(21)15-25-22)29-11-10-26-30(27,28)20(14-23)16-24-2/h3-9,12,14,16,20,23,25-26H,10-11,13,15H2,1-2H3. The molecule has 1 heterocycles. The molecule has 0 spiro atoms. The van der Waals surface area contributed by atoms with Crippen molar-refractivity contribution in [3.05, 3.63) is 65.2 Å². The number of hydrogen-bond donors (Lipinski definition) is 3. The number of ether oxygens (including phenoxy) is 1. The SMILES string of the molecule is CN=CC(C=N)S(=O)(=O)NCCOc1ccc2c(c1)C(C)(Cc1ccccc1)NC2. The average molecular weight is 429 g/mol. The van der Waals surface area contributed by atoms with Gasteiger partial charge >= 0.3 is 0 Å². The zero-order valence-electron chi connectivity index (χ0n) is 17.3. The fourth-order valence-corrected chi connectivity index (χ4v) is 4.69. The van der Waals surface area contributed by atoms with Gasteiger partial charge in [-0.25, -0.2) is 13.1 Å². The third kappa shape index (κ3) is 5.13. The largest absolute Gasteiger partial charge is 0.492 e. The second-order valence-electron chi connectivity index (χ2n) is 7.49. The van der Waals surface area contributed by atoms with Gasteiger partial charge in [-0.05, 0) is 42.2 Å². The molecule has 0 radical (unpaired) electrons. The maximum absolute atomic E-state index is 12.2. The third-order valence-corrected chi connectivity index (χ3v) is 6.82. The molecule has 2 atom stereocenters. The Morgan fingerprint density at radius 1 is 1.30 bits per heavy atom. The molecule has 0 bridgehead atoms. The molecule has 2 aromatic rings. The molecular formula is C22H28N4O3S. The fourth-order valence-electron chi connectivity index (χ4n) is 3.67. The van der Waals surface area contributed by atoms with Crippen molar-refractivity contribution in [1.29, 1.82) is 5.41 Å². The number of benzene rings is 2. The molecule has 1 aliphatic rings. The van der Waals surface area contributed by atoms with Crippen LogP contribution in [0.1, 0.15) is 23.6 Å². The molecule has 2 unspecified atom stereocenters. The van der Waals surface area contributed by atoms with E-state index in [1.54, 1.807) is 0 Å². The number of aliphatic imine (C=N–C) groups is 1. The van der Waals surface area contributed by atoms with Gasteiger partial charge in [-0.1, -0.05) is 36.4 Å². The molecule has 30 heavy (non-hydrogen) atoms. The molecule has 3 N–H and O–H groups in total. The van der Waals surface area contributed by atoms with E-state index in [0.717, 1.165) is 19.2 Å². The summed E-state index contributed by atoms with van der Waals surface area (Å²) in [7, 11) is -2.21. The number of nitrogens with one attached hydrogen (secondary N) is 3. The van der Waals surface area contributed by atoms with Gasteiger partial charge in [0, 0.05) is 38.1 Å². The smallest absolute Gasteiger partial charge is 0.224 e. The molecule has 3 rings (SSSR count). The lowest BCUT2D eigenvalue weighted by Gasteiger charge is -2.26. The zero-order chi connectivity index (χ0) is 21.6. The van der Waals surface area contributed by atoms with Crippen LogP contribution in [0.25, 0.3) is 0 Å². The van der Waals surface area contributed by atoms with Gasteiger partial charge in [0.15, 0.2) is 0 Å². The van der Waals surface area contributed by atoms with Crippen LogP contribution in [0, 0.1) is 5.41 Å². The number of fused-ring (bicyclic) bond motifs is 1. The van der Waals surface area contributed by atoms with Crippen LogP contribution in [-0.4, -0.2) is 46.3 Å². The van der Waals surface area contributed by atoms with Crippen molar-refractivity contribution in [2.45, 2.75) is 30.7 Å². The summed E-state index contributed by atoms with van der Waals surface area (Å²) >= 11 is 0. The first-order chi connectivity index (χ1) is 14.4. The quantitative estimate of drug-likeness (QED) is 0.399. The number of sulfonamides is 1. The van der Waals surface area contributed by atoms with Crippen molar-refractivity contribution in [1.82, 2.24) is 10.0 Å². The van der Waals surface area contributed by atoms with E-state index in [9.17, 15) is 8.42 Å². The first-order valence-corrected chi connectivity index (χ1v) is 11.4. The summed E-state index contributed by atoms with van der Waals surface area (Å²) < 4.78 is 32.6. The Morgan fingerprint density at radius 3 is 2.77 bits per heavy atom. The molecule has 7 nitrogen and oxygen atoms in total. The minimum absolute atomic E-state index is 0.112. The molecule has 160 valence electrons. The fraction of sp³-hybridized carbons (Fsp3) is 0.364. The minimum atomic E-state index is -3.68. The summed E-state index contributed by atoms with van der Waals surface area (Å²) in [6.45, 7) is 3.30. The predicted octanol–water partition coefficient (Wildman–Crippen LogP) is 2.26. The van der Waals surface area contributed by atoms with Crippen molar-refractivity contribution in [3.63, 3.8) is 0 Å². The van der Waals surface area contributed by atoms with Gasteiger partial charge in [-0.15, -0.1) is 0 Å². The highest BCUT2D eigenvalue weighted by Crippen LogP contribution is 2.36. The normalized spacial score (nSPS) is 19.5. The summed E-state index contributed by atoms with van der Waals surface area (Å²) in [5.41, 5.74) is 3.52. The van der Waals surface area contributed by atoms with Gasteiger partial charge in [0.25, 0.3) is 0 Å². The van der Waals surface area contributed by atoms with E-state index in [4.69, 9.17) is 10.1 Å². The summed E-state index contributed by atoms with van der Waals surface area (Å²) in [5, 5.41) is 9.78. The maximum Gasteiger partial charge on any atom is 0.224 e. The van der Waals surface area contributed by atoms with Crippen LogP contribution in [0.15, 0.2) is 53.5 Å². The highest BCUT2D eigenvalue weighted by atomic mass is 32.2. The third-order valence-electron chi connectivity index (χ3n) is 5.24. The molecule has 0 amide bonds. The van der Waals surface area contributed by atoms with Gasteiger partial charge in [-0.2, -0.15) is 0 Å². The van der Waals surface area contributed by atoms with Gasteiger partial charge in [0.05, 0.1) is 0 Å². The first-order valence-electron chi connectivity index (χ1n) is 9.84. The summed E-state index contributed by atoms with van der Waals surface area (Å²) in [4.78, 5) is 3.69. The van der Waals surface area contributed by atoms with E-state index in [1.807, 2.05) is 30.3 Å². The molecule has 2 aromatic carbocycles. The van der Waals surface area contributed by atoms with E-state index in [1.165, 1.54) is 30.0 Å². The monoisotopic (exact) mass is 428 g/mol. The second kappa shape index (κ2) is 9.51. The van der Waals surface area contributed by atoms with Gasteiger partial charge in [0.2, 0.25) is 10.0 Å². The molecule has 0 aliphatic carbocycles. The second-order valence-corrected chi connectivity index (χ2v) is 9.42. The lowest BCUT2D eigenvalue weighted by atomic mass is 9.86. The molecule has 0 aromatic heterocycles. The Kier molecular flexibility index (Phi) is 7.02. The van der Waals surface area contributed by atoms with Crippen molar-refractivity contribution < 1.29 is 13.2 Å². The van der Waals surface area contributed by atoms with Crippen molar-refractivity contribution in [2.75, 3.05) is 20.2 Å². The van der Waals surface area contributed by atoms with Crippen molar-refractivity contribution in [3.8, 4) is 5.75 Å². The maximum atomic E-state index is 12.2. The van der Waals surface area contributed by atoms with Crippen LogP contribution in [0.5, 0.6) is 5.75 Å². The van der Waals surface area contributed by atoms with Gasteiger partial charge < -0.3 is 15.5 Å². The molecule has 8 heteroatoms. The van der Waals surface area contributed by atoms with E-state index >= 15 is 0 Å². The van der Waals surface area contributed by atoms with Crippen LogP contribution in [-0.2, 0) is 28.5 Å². The summed E-state index contributed by atoms with van der Waals surface area (Å²) in [5.74, 6) is 0.703. The number of hydrogen-bond acceptors (Lipinski definition) is 6. The lowest BCUT2D eigenvalue weighted by molar-refractivity contribution is 0.321. The van der Waals surface area contributed by atoms with Crippen LogP contribution < -0.4 is 14.8 Å². The average Bonchev–Trinajstić information content (AvgIpc) is 3.06. The minimum Gasteiger partial charge on any atom is -0.492 e. The summed E-state index contributed by atoms with van der Waals surface area (Å²) in [6.07, 6.45) is 2.93. The Labute approximate surface area is 178 Å². The van der Waals surface area contributed by atoms with Crippen LogP contribution in [0.4, 0.5) is 0 Å².